The minimum Gasteiger partial charge on any atom is -0.467 e. The first-order valence-corrected chi connectivity index (χ1v) is 9.57. The van der Waals surface area contributed by atoms with Crippen LogP contribution in [0.4, 0.5) is 4.39 Å². The van der Waals surface area contributed by atoms with E-state index in [-0.39, 0.29) is 17.6 Å². The second-order valence-corrected chi connectivity index (χ2v) is 7.56. The van der Waals surface area contributed by atoms with E-state index in [9.17, 15) is 9.18 Å². The summed E-state index contributed by atoms with van der Waals surface area (Å²) >= 11 is 7.62. The summed E-state index contributed by atoms with van der Waals surface area (Å²) in [7, 11) is 0. The molecular formula is C19H16ClFN2O2S. The molecule has 1 saturated heterocycles. The van der Waals surface area contributed by atoms with Crippen LogP contribution in [0.5, 0.6) is 5.19 Å². The Balaban J connectivity index is 1.39. The van der Waals surface area contributed by atoms with E-state index in [0.717, 1.165) is 10.2 Å². The van der Waals surface area contributed by atoms with Gasteiger partial charge in [-0.3, -0.25) is 4.79 Å². The molecule has 0 radical (unpaired) electrons. The van der Waals surface area contributed by atoms with E-state index in [2.05, 4.69) is 4.98 Å². The van der Waals surface area contributed by atoms with Crippen LogP contribution in [0.25, 0.3) is 10.2 Å². The highest BCUT2D eigenvalue weighted by Crippen LogP contribution is 2.33. The Labute approximate surface area is 159 Å². The number of benzene rings is 2. The van der Waals surface area contributed by atoms with E-state index in [1.54, 1.807) is 23.1 Å². The maximum Gasteiger partial charge on any atom is 0.274 e. The minimum atomic E-state index is -0.484. The molecule has 0 N–H and O–H groups in total. The van der Waals surface area contributed by atoms with Crippen LogP contribution in [-0.2, 0) is 0 Å². The summed E-state index contributed by atoms with van der Waals surface area (Å²) in [6.45, 7) is 1.06. The zero-order valence-corrected chi connectivity index (χ0v) is 15.4. The Morgan fingerprint density at radius 1 is 1.19 bits per heavy atom. The van der Waals surface area contributed by atoms with Gasteiger partial charge in [0.15, 0.2) is 0 Å². The number of rotatable bonds is 3. The number of carbonyl (C=O) groups excluding carboxylic acids is 1. The van der Waals surface area contributed by atoms with Gasteiger partial charge in [0.05, 0.1) is 15.3 Å². The van der Waals surface area contributed by atoms with Crippen LogP contribution in [0.2, 0.25) is 5.02 Å². The molecule has 0 saturated carbocycles. The molecule has 0 aliphatic carbocycles. The SMILES string of the molecule is O=C(c1ccccc1F)N1CCC(Oc2nc3c(Cl)cccc3s2)CC1. The standard InChI is InChI=1S/C19H16ClFN2O2S/c20-14-5-3-7-16-17(14)22-19(26-16)25-12-8-10-23(11-9-12)18(24)13-4-1-2-6-15(13)21/h1-7,12H,8-11H2. The molecule has 2 aromatic carbocycles. The molecule has 1 aliphatic heterocycles. The fraction of sp³-hybridized carbons (Fsp3) is 0.263. The van der Waals surface area contributed by atoms with Gasteiger partial charge in [-0.1, -0.05) is 41.1 Å². The van der Waals surface area contributed by atoms with Crippen molar-refractivity contribution >= 4 is 39.1 Å². The number of halogens is 2. The van der Waals surface area contributed by atoms with Crippen LogP contribution < -0.4 is 4.74 Å². The highest BCUT2D eigenvalue weighted by atomic mass is 35.5. The van der Waals surface area contributed by atoms with Crippen LogP contribution in [0.3, 0.4) is 0 Å². The van der Waals surface area contributed by atoms with Gasteiger partial charge in [0, 0.05) is 25.9 Å². The Morgan fingerprint density at radius 3 is 2.69 bits per heavy atom. The summed E-state index contributed by atoms with van der Waals surface area (Å²) in [5.74, 6) is -0.754. The summed E-state index contributed by atoms with van der Waals surface area (Å²) in [5.41, 5.74) is 0.869. The summed E-state index contributed by atoms with van der Waals surface area (Å²) in [5, 5.41) is 1.20. The summed E-state index contributed by atoms with van der Waals surface area (Å²) < 4.78 is 20.8. The molecule has 26 heavy (non-hydrogen) atoms. The third-order valence-electron chi connectivity index (χ3n) is 4.45. The normalized spacial score (nSPS) is 15.4. The van der Waals surface area contributed by atoms with Gasteiger partial charge >= 0.3 is 0 Å². The number of hydrogen-bond donors (Lipinski definition) is 0. The lowest BCUT2D eigenvalue weighted by atomic mass is 10.1. The average molecular weight is 391 g/mol. The molecule has 0 spiro atoms. The summed E-state index contributed by atoms with van der Waals surface area (Å²) in [6.07, 6.45) is 1.35. The van der Waals surface area contributed by atoms with Crippen molar-refractivity contribution < 1.29 is 13.9 Å². The first kappa shape index (κ1) is 17.2. The number of piperidine rings is 1. The van der Waals surface area contributed by atoms with Gasteiger partial charge in [-0.15, -0.1) is 0 Å². The van der Waals surface area contributed by atoms with Crippen molar-refractivity contribution in [2.45, 2.75) is 18.9 Å². The van der Waals surface area contributed by atoms with Gasteiger partial charge in [0.1, 0.15) is 17.4 Å². The molecule has 3 aromatic rings. The Kier molecular flexibility index (Phi) is 4.78. The second-order valence-electron chi connectivity index (χ2n) is 6.16. The van der Waals surface area contributed by atoms with E-state index in [0.29, 0.717) is 36.1 Å². The van der Waals surface area contributed by atoms with Crippen molar-refractivity contribution in [3.63, 3.8) is 0 Å². The number of hydrogen-bond acceptors (Lipinski definition) is 4. The Morgan fingerprint density at radius 2 is 1.96 bits per heavy atom. The predicted molar refractivity (Wildman–Crippen MR) is 101 cm³/mol. The zero-order chi connectivity index (χ0) is 18.1. The number of aromatic nitrogens is 1. The highest BCUT2D eigenvalue weighted by molar-refractivity contribution is 7.20. The third kappa shape index (κ3) is 3.39. The molecule has 2 heterocycles. The molecule has 4 nitrogen and oxygen atoms in total. The van der Waals surface area contributed by atoms with Gasteiger partial charge in [0.2, 0.25) is 0 Å². The van der Waals surface area contributed by atoms with Crippen LogP contribution in [0, 0.1) is 5.82 Å². The van der Waals surface area contributed by atoms with E-state index in [1.165, 1.54) is 23.5 Å². The van der Waals surface area contributed by atoms with Gasteiger partial charge in [-0.05, 0) is 24.3 Å². The van der Waals surface area contributed by atoms with Gasteiger partial charge < -0.3 is 9.64 Å². The lowest BCUT2D eigenvalue weighted by molar-refractivity contribution is 0.0591. The molecule has 0 bridgehead atoms. The maximum atomic E-state index is 13.8. The predicted octanol–water partition coefficient (Wildman–Crippen LogP) is 4.77. The number of amides is 1. The topological polar surface area (TPSA) is 42.4 Å². The van der Waals surface area contributed by atoms with Crippen LogP contribution in [-0.4, -0.2) is 35.0 Å². The molecule has 1 amide bonds. The molecule has 1 aromatic heterocycles. The zero-order valence-electron chi connectivity index (χ0n) is 13.8. The lowest BCUT2D eigenvalue weighted by Gasteiger charge is -2.31. The van der Waals surface area contributed by atoms with Crippen molar-refractivity contribution in [1.29, 1.82) is 0 Å². The minimum absolute atomic E-state index is 0.0148. The maximum absolute atomic E-state index is 13.8. The number of likely N-dealkylation sites (tertiary alicyclic amines) is 1. The van der Waals surface area contributed by atoms with E-state index < -0.39 is 5.82 Å². The quantitative estimate of drug-likeness (QED) is 0.646. The van der Waals surface area contributed by atoms with Gasteiger partial charge in [-0.25, -0.2) is 9.37 Å². The number of carbonyl (C=O) groups is 1. The van der Waals surface area contributed by atoms with E-state index in [4.69, 9.17) is 16.3 Å². The first-order valence-electron chi connectivity index (χ1n) is 8.37. The Hall–Kier alpha value is -2.18. The molecule has 1 fully saturated rings. The third-order valence-corrected chi connectivity index (χ3v) is 5.67. The van der Waals surface area contributed by atoms with Crippen molar-refractivity contribution in [2.24, 2.45) is 0 Å². The molecule has 7 heteroatoms. The van der Waals surface area contributed by atoms with Crippen molar-refractivity contribution in [3.05, 3.63) is 58.9 Å². The highest BCUT2D eigenvalue weighted by Gasteiger charge is 2.26. The number of nitrogens with zero attached hydrogens (tertiary/aromatic N) is 2. The largest absolute Gasteiger partial charge is 0.467 e. The number of fused-ring (bicyclic) bond motifs is 1. The van der Waals surface area contributed by atoms with Crippen molar-refractivity contribution in [1.82, 2.24) is 9.88 Å². The van der Waals surface area contributed by atoms with Crippen molar-refractivity contribution in [3.8, 4) is 5.19 Å². The molecule has 1 aliphatic rings. The summed E-state index contributed by atoms with van der Waals surface area (Å²) in [4.78, 5) is 18.6. The molecule has 134 valence electrons. The van der Waals surface area contributed by atoms with Crippen LogP contribution >= 0.6 is 22.9 Å². The van der Waals surface area contributed by atoms with Crippen LogP contribution in [0.15, 0.2) is 42.5 Å². The molecule has 0 atom stereocenters. The van der Waals surface area contributed by atoms with E-state index in [1.807, 2.05) is 12.1 Å². The lowest BCUT2D eigenvalue weighted by Crippen LogP contribution is -2.42. The van der Waals surface area contributed by atoms with Crippen molar-refractivity contribution in [2.75, 3.05) is 13.1 Å². The molecule has 0 unspecified atom stereocenters. The summed E-state index contributed by atoms with van der Waals surface area (Å²) in [6, 6.07) is 11.7. The first-order chi connectivity index (χ1) is 12.6. The number of ether oxygens (including phenoxy) is 1. The van der Waals surface area contributed by atoms with Gasteiger partial charge in [0.25, 0.3) is 11.1 Å². The number of para-hydroxylation sites is 1. The smallest absolute Gasteiger partial charge is 0.274 e. The van der Waals surface area contributed by atoms with Gasteiger partial charge in [-0.2, -0.15) is 0 Å². The molecular weight excluding hydrogens is 375 g/mol. The fourth-order valence-electron chi connectivity index (χ4n) is 3.07. The average Bonchev–Trinajstić information content (AvgIpc) is 3.06. The van der Waals surface area contributed by atoms with Crippen LogP contribution in [0.1, 0.15) is 23.2 Å². The second kappa shape index (κ2) is 7.21. The van der Waals surface area contributed by atoms with E-state index >= 15 is 0 Å². The monoisotopic (exact) mass is 390 g/mol. The Bertz CT molecular complexity index is 954. The number of thiazole rings is 1. The fourth-order valence-corrected chi connectivity index (χ4v) is 4.25. The molecule has 4 rings (SSSR count).